The van der Waals surface area contributed by atoms with E-state index in [1.165, 1.54) is 10.5 Å². The Hall–Kier alpha value is -2.08. The first-order chi connectivity index (χ1) is 13.2. The van der Waals surface area contributed by atoms with Crippen molar-refractivity contribution in [2.45, 2.75) is 45.6 Å². The fourth-order valence-corrected chi connectivity index (χ4v) is 3.30. The molecule has 6 heteroatoms. The van der Waals surface area contributed by atoms with E-state index in [4.69, 9.17) is 4.74 Å². The number of rotatable bonds is 6. The molecule has 1 fully saturated rings. The summed E-state index contributed by atoms with van der Waals surface area (Å²) in [5, 5.41) is 0. The fourth-order valence-electron chi connectivity index (χ4n) is 3.30. The van der Waals surface area contributed by atoms with E-state index in [-0.39, 0.29) is 12.5 Å². The summed E-state index contributed by atoms with van der Waals surface area (Å²) in [7, 11) is 1.61. The predicted molar refractivity (Wildman–Crippen MR) is 111 cm³/mol. The normalized spacial score (nSPS) is 15.8. The van der Waals surface area contributed by atoms with Crippen molar-refractivity contribution in [3.05, 3.63) is 35.9 Å². The first-order valence-electron chi connectivity index (χ1n) is 10.2. The van der Waals surface area contributed by atoms with Gasteiger partial charge in [0.1, 0.15) is 12.1 Å². The molecule has 0 radical (unpaired) electrons. The molecule has 0 N–H and O–H groups in total. The smallest absolute Gasteiger partial charge is 0.410 e. The van der Waals surface area contributed by atoms with E-state index in [1.54, 1.807) is 7.05 Å². The van der Waals surface area contributed by atoms with Crippen molar-refractivity contribution in [3.8, 4) is 0 Å². The van der Waals surface area contributed by atoms with Crippen molar-refractivity contribution in [1.82, 2.24) is 14.7 Å². The van der Waals surface area contributed by atoms with Crippen LogP contribution in [0.3, 0.4) is 0 Å². The Kier molecular flexibility index (Phi) is 8.30. The highest BCUT2D eigenvalue weighted by atomic mass is 16.6. The van der Waals surface area contributed by atoms with E-state index in [9.17, 15) is 9.59 Å². The molecule has 0 aliphatic carbocycles. The number of hydrogen-bond donors (Lipinski definition) is 0. The molecule has 1 aliphatic heterocycles. The lowest BCUT2D eigenvalue weighted by atomic mass is 10.1. The van der Waals surface area contributed by atoms with Gasteiger partial charge in [-0.3, -0.25) is 4.79 Å². The molecule has 1 saturated heterocycles. The highest BCUT2D eigenvalue weighted by Gasteiger charge is 2.24. The van der Waals surface area contributed by atoms with Crippen molar-refractivity contribution >= 4 is 12.0 Å². The molecular formula is C22H35N3O3. The summed E-state index contributed by atoms with van der Waals surface area (Å²) in [5.41, 5.74) is 0.816. The van der Waals surface area contributed by atoms with E-state index >= 15 is 0 Å². The summed E-state index contributed by atoms with van der Waals surface area (Å²) in [6.45, 7) is 9.93. The van der Waals surface area contributed by atoms with E-state index in [1.807, 2.05) is 31.7 Å². The van der Waals surface area contributed by atoms with Crippen LogP contribution in [0.5, 0.6) is 0 Å². The first kappa shape index (κ1) is 22.2. The Balaban J connectivity index is 1.73. The number of amides is 2. The van der Waals surface area contributed by atoms with Crippen LogP contribution < -0.4 is 0 Å². The molecular weight excluding hydrogens is 354 g/mol. The van der Waals surface area contributed by atoms with E-state index in [0.29, 0.717) is 6.54 Å². The van der Waals surface area contributed by atoms with Crippen LogP contribution in [0.25, 0.3) is 0 Å². The van der Waals surface area contributed by atoms with Gasteiger partial charge in [-0.25, -0.2) is 4.79 Å². The van der Waals surface area contributed by atoms with Crippen LogP contribution in [0.1, 0.15) is 39.2 Å². The number of carbonyl (C=O) groups is 2. The number of nitrogens with zero attached hydrogens (tertiary/aromatic N) is 3. The van der Waals surface area contributed by atoms with Gasteiger partial charge >= 0.3 is 6.09 Å². The highest BCUT2D eigenvalue weighted by Crippen LogP contribution is 2.10. The summed E-state index contributed by atoms with van der Waals surface area (Å²) in [6.07, 6.45) is 2.71. The molecule has 1 aromatic carbocycles. The van der Waals surface area contributed by atoms with Gasteiger partial charge in [-0.15, -0.1) is 0 Å². The van der Waals surface area contributed by atoms with Crippen LogP contribution in [-0.4, -0.2) is 78.6 Å². The standard InChI is InChI=1S/C22H35N3O3/c1-22(2,3)28-21(27)23(4)18-20(26)25-15-9-14-24(16-17-25)13-8-12-19-10-6-5-7-11-19/h5-7,10-11H,8-9,12-18H2,1-4H3. The molecule has 28 heavy (non-hydrogen) atoms. The average Bonchev–Trinajstić information content (AvgIpc) is 2.87. The number of aryl methyl sites for hydroxylation is 1. The minimum absolute atomic E-state index is 0.0144. The molecule has 0 atom stereocenters. The van der Waals surface area contributed by atoms with Crippen LogP contribution in [0.4, 0.5) is 4.79 Å². The molecule has 2 rings (SSSR count). The molecule has 0 aromatic heterocycles. The zero-order valence-corrected chi connectivity index (χ0v) is 17.8. The van der Waals surface area contributed by atoms with Crippen molar-refractivity contribution < 1.29 is 14.3 Å². The van der Waals surface area contributed by atoms with Crippen LogP contribution in [0.15, 0.2) is 30.3 Å². The number of likely N-dealkylation sites (N-methyl/N-ethyl adjacent to an activating group) is 1. The SMILES string of the molecule is CN(CC(=O)N1CCCN(CCCc2ccccc2)CC1)C(=O)OC(C)(C)C. The second kappa shape index (κ2) is 10.5. The Bertz CT molecular complexity index is 628. The molecule has 1 heterocycles. The number of carbonyl (C=O) groups excluding carboxylic acids is 2. The average molecular weight is 390 g/mol. The van der Waals surface area contributed by atoms with Gasteiger partial charge in [-0.2, -0.15) is 0 Å². The van der Waals surface area contributed by atoms with E-state index < -0.39 is 11.7 Å². The van der Waals surface area contributed by atoms with E-state index in [0.717, 1.165) is 45.4 Å². The molecule has 0 saturated carbocycles. The molecule has 2 amide bonds. The fraction of sp³-hybridized carbons (Fsp3) is 0.636. The maximum Gasteiger partial charge on any atom is 0.410 e. The maximum atomic E-state index is 12.6. The monoisotopic (exact) mass is 389 g/mol. The minimum atomic E-state index is -0.558. The summed E-state index contributed by atoms with van der Waals surface area (Å²) >= 11 is 0. The topological polar surface area (TPSA) is 53.1 Å². The van der Waals surface area contributed by atoms with Gasteiger partial charge in [0.15, 0.2) is 0 Å². The largest absolute Gasteiger partial charge is 0.444 e. The molecule has 0 bridgehead atoms. The second-order valence-electron chi connectivity index (χ2n) is 8.50. The van der Waals surface area contributed by atoms with Crippen molar-refractivity contribution in [2.75, 3.05) is 46.3 Å². The Morgan fingerprint density at radius 2 is 1.79 bits per heavy atom. The Morgan fingerprint density at radius 3 is 2.46 bits per heavy atom. The van der Waals surface area contributed by atoms with Crippen LogP contribution in [-0.2, 0) is 16.0 Å². The zero-order chi connectivity index (χ0) is 20.6. The highest BCUT2D eigenvalue weighted by molar-refractivity contribution is 5.82. The first-order valence-corrected chi connectivity index (χ1v) is 10.2. The second-order valence-corrected chi connectivity index (χ2v) is 8.50. The molecule has 0 unspecified atom stereocenters. The third-order valence-corrected chi connectivity index (χ3v) is 4.80. The third-order valence-electron chi connectivity index (χ3n) is 4.80. The van der Waals surface area contributed by atoms with Crippen LogP contribution in [0.2, 0.25) is 0 Å². The molecule has 1 aromatic rings. The lowest BCUT2D eigenvalue weighted by molar-refractivity contribution is -0.132. The van der Waals surface area contributed by atoms with Gasteiger partial charge in [-0.05, 0) is 58.7 Å². The quantitative estimate of drug-likeness (QED) is 0.750. The van der Waals surface area contributed by atoms with E-state index in [2.05, 4.69) is 29.2 Å². The molecule has 6 nitrogen and oxygen atoms in total. The molecule has 1 aliphatic rings. The summed E-state index contributed by atoms with van der Waals surface area (Å²) in [4.78, 5) is 30.3. The van der Waals surface area contributed by atoms with Gasteiger partial charge in [0, 0.05) is 26.7 Å². The van der Waals surface area contributed by atoms with Gasteiger partial charge in [0.05, 0.1) is 0 Å². The predicted octanol–water partition coefficient (Wildman–Crippen LogP) is 3.02. The van der Waals surface area contributed by atoms with Gasteiger partial charge < -0.3 is 19.4 Å². The Labute approximate surface area is 169 Å². The zero-order valence-electron chi connectivity index (χ0n) is 17.8. The third kappa shape index (κ3) is 7.89. The number of benzene rings is 1. The van der Waals surface area contributed by atoms with Crippen molar-refractivity contribution in [2.24, 2.45) is 0 Å². The summed E-state index contributed by atoms with van der Waals surface area (Å²) in [5.74, 6) is -0.0144. The van der Waals surface area contributed by atoms with Crippen LogP contribution in [0, 0.1) is 0 Å². The van der Waals surface area contributed by atoms with Crippen molar-refractivity contribution in [3.63, 3.8) is 0 Å². The molecule has 156 valence electrons. The number of hydrogen-bond acceptors (Lipinski definition) is 4. The summed E-state index contributed by atoms with van der Waals surface area (Å²) in [6, 6.07) is 10.6. The van der Waals surface area contributed by atoms with Gasteiger partial charge in [0.2, 0.25) is 5.91 Å². The summed E-state index contributed by atoms with van der Waals surface area (Å²) < 4.78 is 5.32. The maximum absolute atomic E-state index is 12.6. The van der Waals surface area contributed by atoms with Crippen LogP contribution >= 0.6 is 0 Å². The minimum Gasteiger partial charge on any atom is -0.444 e. The molecule has 0 spiro atoms. The van der Waals surface area contributed by atoms with Crippen molar-refractivity contribution in [1.29, 1.82) is 0 Å². The number of ether oxygens (including phenoxy) is 1. The Morgan fingerprint density at radius 1 is 1.07 bits per heavy atom. The lowest BCUT2D eigenvalue weighted by Crippen LogP contribution is -2.44. The lowest BCUT2D eigenvalue weighted by Gasteiger charge is -2.27. The van der Waals surface area contributed by atoms with Gasteiger partial charge in [-0.1, -0.05) is 30.3 Å². The van der Waals surface area contributed by atoms with Gasteiger partial charge in [0.25, 0.3) is 0 Å².